The zero-order valence-electron chi connectivity index (χ0n) is 10.2. The molecule has 0 saturated heterocycles. The van der Waals surface area contributed by atoms with E-state index < -0.39 is 0 Å². The number of hydrogen-bond acceptors (Lipinski definition) is 6. The number of nitrogens with zero attached hydrogens (tertiary/aromatic N) is 2. The maximum absolute atomic E-state index is 11.4. The van der Waals surface area contributed by atoms with E-state index in [9.17, 15) is 4.79 Å². The van der Waals surface area contributed by atoms with E-state index in [1.807, 2.05) is 20.8 Å². The molecule has 0 aliphatic carbocycles. The molecule has 7 heteroatoms. The summed E-state index contributed by atoms with van der Waals surface area (Å²) in [5.74, 6) is 6.33. The molecule has 0 radical (unpaired) electrons. The number of hydrazine groups is 1. The monoisotopic (exact) mass is 238 g/mol. The quantitative estimate of drug-likeness (QED) is 0.425. The van der Waals surface area contributed by atoms with E-state index in [0.717, 1.165) is 5.56 Å². The van der Waals surface area contributed by atoms with Crippen molar-refractivity contribution in [2.75, 3.05) is 17.3 Å². The third kappa shape index (κ3) is 3.87. The first-order valence-corrected chi connectivity index (χ1v) is 5.36. The van der Waals surface area contributed by atoms with Gasteiger partial charge in [-0.2, -0.15) is 0 Å². The van der Waals surface area contributed by atoms with Crippen LogP contribution >= 0.6 is 0 Å². The molecule has 1 aromatic rings. The fourth-order valence-corrected chi connectivity index (χ4v) is 1.31. The Morgan fingerprint density at radius 2 is 2.06 bits per heavy atom. The van der Waals surface area contributed by atoms with Crippen molar-refractivity contribution < 1.29 is 4.79 Å². The molecule has 0 atom stereocenters. The molecule has 0 aromatic carbocycles. The molecule has 7 nitrogen and oxygen atoms in total. The van der Waals surface area contributed by atoms with Crippen molar-refractivity contribution in [3.05, 3.63) is 11.9 Å². The predicted molar refractivity (Wildman–Crippen MR) is 66.3 cm³/mol. The molecular formula is C10H18N6O. The number of nitrogens with two attached hydrogens (primary N) is 1. The second kappa shape index (κ2) is 6.00. The summed E-state index contributed by atoms with van der Waals surface area (Å²) >= 11 is 0. The van der Waals surface area contributed by atoms with Crippen LogP contribution in [0.2, 0.25) is 0 Å². The molecule has 17 heavy (non-hydrogen) atoms. The molecule has 1 amide bonds. The van der Waals surface area contributed by atoms with E-state index in [2.05, 4.69) is 26.0 Å². The lowest BCUT2D eigenvalue weighted by Gasteiger charge is -2.12. The molecular weight excluding hydrogens is 220 g/mol. The number of rotatable bonds is 5. The van der Waals surface area contributed by atoms with Crippen LogP contribution in [0.3, 0.4) is 0 Å². The van der Waals surface area contributed by atoms with Gasteiger partial charge in [0, 0.05) is 11.6 Å². The van der Waals surface area contributed by atoms with E-state index in [1.165, 1.54) is 6.33 Å². The molecule has 0 saturated carbocycles. The summed E-state index contributed by atoms with van der Waals surface area (Å²) < 4.78 is 0. The SMILES string of the molecule is Cc1c(NN)ncnc1NCC(=O)NC(C)C. The van der Waals surface area contributed by atoms with Gasteiger partial charge in [0.05, 0.1) is 6.54 Å². The molecule has 0 fully saturated rings. The lowest BCUT2D eigenvalue weighted by atomic mass is 10.3. The van der Waals surface area contributed by atoms with Crippen LogP contribution in [0.1, 0.15) is 19.4 Å². The van der Waals surface area contributed by atoms with Crippen LogP contribution in [-0.2, 0) is 4.79 Å². The highest BCUT2D eigenvalue weighted by molar-refractivity contribution is 5.81. The lowest BCUT2D eigenvalue weighted by Crippen LogP contribution is -2.35. The molecule has 0 spiro atoms. The highest BCUT2D eigenvalue weighted by Crippen LogP contribution is 2.16. The Bertz CT molecular complexity index is 392. The van der Waals surface area contributed by atoms with E-state index in [-0.39, 0.29) is 18.5 Å². The average Bonchev–Trinajstić information content (AvgIpc) is 2.27. The molecule has 1 rings (SSSR count). The van der Waals surface area contributed by atoms with Crippen LogP contribution in [0.15, 0.2) is 6.33 Å². The zero-order valence-corrected chi connectivity index (χ0v) is 10.2. The maximum Gasteiger partial charge on any atom is 0.239 e. The van der Waals surface area contributed by atoms with Gasteiger partial charge in [-0.25, -0.2) is 15.8 Å². The van der Waals surface area contributed by atoms with Crippen molar-refractivity contribution in [3.8, 4) is 0 Å². The van der Waals surface area contributed by atoms with Gasteiger partial charge in [0.1, 0.15) is 18.0 Å². The average molecular weight is 238 g/mol. The number of hydrogen-bond donors (Lipinski definition) is 4. The first kappa shape index (κ1) is 13.2. The Hall–Kier alpha value is -1.89. The van der Waals surface area contributed by atoms with Gasteiger partial charge in [0.2, 0.25) is 5.91 Å². The Balaban J connectivity index is 2.60. The molecule has 0 unspecified atom stereocenters. The Morgan fingerprint density at radius 1 is 1.41 bits per heavy atom. The standard InChI is InChI=1S/C10H18N6O/c1-6(2)15-8(17)4-12-9-7(3)10(16-11)14-5-13-9/h5-6H,4,11H2,1-3H3,(H,15,17)(H2,12,13,14,16). The third-order valence-corrected chi connectivity index (χ3v) is 2.09. The minimum Gasteiger partial charge on any atom is -0.361 e. The minimum absolute atomic E-state index is 0.0831. The van der Waals surface area contributed by atoms with Gasteiger partial charge in [-0.1, -0.05) is 0 Å². The Morgan fingerprint density at radius 3 is 2.65 bits per heavy atom. The predicted octanol–water partition coefficient (Wildman–Crippen LogP) is 0.00712. The summed E-state index contributed by atoms with van der Waals surface area (Å²) in [5.41, 5.74) is 3.23. The topological polar surface area (TPSA) is 105 Å². The number of nitrogen functional groups attached to an aromatic ring is 1. The number of aromatic nitrogens is 2. The summed E-state index contributed by atoms with van der Waals surface area (Å²) in [5, 5.41) is 5.71. The summed E-state index contributed by atoms with van der Waals surface area (Å²) in [6, 6.07) is 0.122. The molecule has 0 aliphatic rings. The summed E-state index contributed by atoms with van der Waals surface area (Å²) in [7, 11) is 0. The second-order valence-corrected chi connectivity index (χ2v) is 3.92. The van der Waals surface area contributed by atoms with Gasteiger partial charge in [-0.3, -0.25) is 4.79 Å². The van der Waals surface area contributed by atoms with Crippen LogP contribution in [0.5, 0.6) is 0 Å². The number of carbonyl (C=O) groups excluding carboxylic acids is 1. The van der Waals surface area contributed by atoms with Crippen LogP contribution < -0.4 is 21.9 Å². The highest BCUT2D eigenvalue weighted by atomic mass is 16.1. The van der Waals surface area contributed by atoms with Crippen molar-refractivity contribution in [3.63, 3.8) is 0 Å². The first-order chi connectivity index (χ1) is 8.04. The molecule has 5 N–H and O–H groups in total. The Labute approximate surface area is 100 Å². The molecule has 1 aromatic heterocycles. The molecule has 1 heterocycles. The van der Waals surface area contributed by atoms with Crippen molar-refractivity contribution in [2.45, 2.75) is 26.8 Å². The number of nitrogens with one attached hydrogen (secondary N) is 3. The largest absolute Gasteiger partial charge is 0.361 e. The highest BCUT2D eigenvalue weighted by Gasteiger charge is 2.08. The lowest BCUT2D eigenvalue weighted by molar-refractivity contribution is -0.119. The van der Waals surface area contributed by atoms with Crippen molar-refractivity contribution in [1.82, 2.24) is 15.3 Å². The number of carbonyl (C=O) groups is 1. The number of anilines is 2. The zero-order chi connectivity index (χ0) is 12.8. The van der Waals surface area contributed by atoms with Gasteiger partial charge < -0.3 is 16.1 Å². The van der Waals surface area contributed by atoms with Gasteiger partial charge >= 0.3 is 0 Å². The van der Waals surface area contributed by atoms with Crippen LogP contribution in [-0.4, -0.2) is 28.5 Å². The van der Waals surface area contributed by atoms with Gasteiger partial charge in [0.25, 0.3) is 0 Å². The van der Waals surface area contributed by atoms with Crippen LogP contribution in [0.4, 0.5) is 11.6 Å². The molecule has 94 valence electrons. The third-order valence-electron chi connectivity index (χ3n) is 2.09. The minimum atomic E-state index is -0.0831. The van der Waals surface area contributed by atoms with E-state index in [1.54, 1.807) is 0 Å². The smallest absolute Gasteiger partial charge is 0.239 e. The number of amides is 1. The second-order valence-electron chi connectivity index (χ2n) is 3.92. The van der Waals surface area contributed by atoms with Crippen LogP contribution in [0, 0.1) is 6.92 Å². The van der Waals surface area contributed by atoms with E-state index in [0.29, 0.717) is 11.6 Å². The van der Waals surface area contributed by atoms with Crippen molar-refractivity contribution in [2.24, 2.45) is 5.84 Å². The van der Waals surface area contributed by atoms with Crippen LogP contribution in [0.25, 0.3) is 0 Å². The fourth-order valence-electron chi connectivity index (χ4n) is 1.31. The maximum atomic E-state index is 11.4. The first-order valence-electron chi connectivity index (χ1n) is 5.36. The normalized spacial score (nSPS) is 10.2. The summed E-state index contributed by atoms with van der Waals surface area (Å²) in [4.78, 5) is 19.4. The van der Waals surface area contributed by atoms with Gasteiger partial charge in [-0.15, -0.1) is 0 Å². The summed E-state index contributed by atoms with van der Waals surface area (Å²) in [6.07, 6.45) is 1.38. The molecule has 0 bridgehead atoms. The molecule has 0 aliphatic heterocycles. The van der Waals surface area contributed by atoms with Crippen molar-refractivity contribution >= 4 is 17.5 Å². The van der Waals surface area contributed by atoms with E-state index >= 15 is 0 Å². The fraction of sp³-hybridized carbons (Fsp3) is 0.500. The van der Waals surface area contributed by atoms with Gasteiger partial charge in [0.15, 0.2) is 0 Å². The van der Waals surface area contributed by atoms with E-state index in [4.69, 9.17) is 5.84 Å². The van der Waals surface area contributed by atoms with Crippen molar-refractivity contribution in [1.29, 1.82) is 0 Å². The van der Waals surface area contributed by atoms with Gasteiger partial charge in [-0.05, 0) is 20.8 Å². The summed E-state index contributed by atoms with van der Waals surface area (Å²) in [6.45, 7) is 5.80. The Kier molecular flexibility index (Phi) is 4.65.